The van der Waals surface area contributed by atoms with Gasteiger partial charge < -0.3 is 14.6 Å². The van der Waals surface area contributed by atoms with Crippen LogP contribution in [-0.4, -0.2) is 29.4 Å². The fourth-order valence-electron chi connectivity index (χ4n) is 3.77. The van der Waals surface area contributed by atoms with Gasteiger partial charge in [0.1, 0.15) is 30.4 Å². The molecule has 32 heavy (non-hydrogen) atoms. The van der Waals surface area contributed by atoms with Gasteiger partial charge in [0.2, 0.25) is 0 Å². The Morgan fingerprint density at radius 2 is 1.78 bits per heavy atom. The summed E-state index contributed by atoms with van der Waals surface area (Å²) in [5.74, 6) is 0.432. The predicted molar refractivity (Wildman–Crippen MR) is 123 cm³/mol. The fraction of sp³-hybridized carbons (Fsp3) is 0.391. The van der Waals surface area contributed by atoms with E-state index in [0.29, 0.717) is 45.9 Å². The predicted octanol–water partition coefficient (Wildman–Crippen LogP) is 6.22. The van der Waals surface area contributed by atoms with E-state index >= 15 is 0 Å². The lowest BCUT2D eigenvalue weighted by Gasteiger charge is -2.21. The number of fused-ring (bicyclic) bond motifs is 1. The number of benzene rings is 2. The van der Waals surface area contributed by atoms with E-state index in [4.69, 9.17) is 4.74 Å². The van der Waals surface area contributed by atoms with Crippen molar-refractivity contribution in [3.05, 3.63) is 53.1 Å². The molecule has 172 valence electrons. The lowest BCUT2D eigenvalue weighted by molar-refractivity contribution is 0.146. The van der Waals surface area contributed by atoms with E-state index in [2.05, 4.69) is 15.3 Å². The van der Waals surface area contributed by atoms with E-state index in [1.807, 2.05) is 13.8 Å². The number of ether oxygens (including phenoxy) is 1. The van der Waals surface area contributed by atoms with Gasteiger partial charge in [0.05, 0.1) is 29.5 Å². The number of rotatable bonds is 8. The van der Waals surface area contributed by atoms with Gasteiger partial charge in [0.25, 0.3) is 6.43 Å². The Balaban J connectivity index is 2.15. The van der Waals surface area contributed by atoms with E-state index < -0.39 is 31.0 Å². The van der Waals surface area contributed by atoms with Crippen LogP contribution in [0.1, 0.15) is 50.2 Å². The first kappa shape index (κ1) is 24.1. The molecule has 0 saturated heterocycles. The largest absolute Gasteiger partial charge is 0.496 e. The molecule has 0 aliphatic rings. The second-order valence-electron chi connectivity index (χ2n) is 7.60. The molecular formula is C23H27F3N3O2P. The molecule has 3 aromatic rings. The van der Waals surface area contributed by atoms with Crippen LogP contribution in [0.4, 0.5) is 19.0 Å². The molecular weight excluding hydrogens is 438 g/mol. The van der Waals surface area contributed by atoms with Crippen LogP contribution in [0.15, 0.2) is 30.3 Å². The summed E-state index contributed by atoms with van der Waals surface area (Å²) < 4.78 is 59.9. The zero-order chi connectivity index (χ0) is 23.6. The van der Waals surface area contributed by atoms with Crippen LogP contribution < -0.4 is 15.4 Å². The molecule has 0 spiro atoms. The smallest absolute Gasteiger partial charge is 0.266 e. The average molecular weight is 465 g/mol. The van der Waals surface area contributed by atoms with Crippen LogP contribution in [0.5, 0.6) is 5.75 Å². The first-order valence-electron chi connectivity index (χ1n) is 10.4. The summed E-state index contributed by atoms with van der Waals surface area (Å²) in [5, 5.41) is 4.34. The highest BCUT2D eigenvalue weighted by Crippen LogP contribution is 2.47. The maximum Gasteiger partial charge on any atom is 0.266 e. The van der Waals surface area contributed by atoms with E-state index in [9.17, 15) is 17.7 Å². The molecule has 9 heteroatoms. The van der Waals surface area contributed by atoms with Crippen LogP contribution in [0.25, 0.3) is 10.9 Å². The first-order chi connectivity index (χ1) is 15.1. The van der Waals surface area contributed by atoms with Gasteiger partial charge >= 0.3 is 0 Å². The van der Waals surface area contributed by atoms with Crippen LogP contribution in [0.2, 0.25) is 0 Å². The lowest BCUT2D eigenvalue weighted by atomic mass is 10.0. The van der Waals surface area contributed by atoms with Crippen molar-refractivity contribution in [3.8, 4) is 5.75 Å². The van der Waals surface area contributed by atoms with Crippen LogP contribution in [0, 0.1) is 12.7 Å². The highest BCUT2D eigenvalue weighted by molar-refractivity contribution is 7.71. The van der Waals surface area contributed by atoms with Crippen LogP contribution >= 0.6 is 7.14 Å². The third kappa shape index (κ3) is 4.46. The Bertz CT molecular complexity index is 1180. The van der Waals surface area contributed by atoms with Gasteiger partial charge in [-0.2, -0.15) is 0 Å². The molecule has 1 aromatic heterocycles. The molecule has 0 radical (unpaired) electrons. The summed E-state index contributed by atoms with van der Waals surface area (Å²) in [7, 11) is -1.17. The van der Waals surface area contributed by atoms with Crippen molar-refractivity contribution in [1.82, 2.24) is 9.97 Å². The monoisotopic (exact) mass is 465 g/mol. The van der Waals surface area contributed by atoms with Crippen molar-refractivity contribution in [3.63, 3.8) is 0 Å². The number of anilines is 1. The van der Waals surface area contributed by atoms with Crippen molar-refractivity contribution in [2.45, 2.75) is 40.2 Å². The summed E-state index contributed by atoms with van der Waals surface area (Å²) in [4.78, 5) is 8.92. The number of nitrogens with one attached hydrogen (secondary N) is 1. The van der Waals surface area contributed by atoms with Gasteiger partial charge in [0.15, 0.2) is 0 Å². The van der Waals surface area contributed by atoms with Crippen molar-refractivity contribution in [2.24, 2.45) is 0 Å². The maximum atomic E-state index is 14.7. The topological polar surface area (TPSA) is 64.1 Å². The molecule has 0 aliphatic heterocycles. The molecule has 0 saturated carbocycles. The second kappa shape index (κ2) is 9.49. The third-order valence-electron chi connectivity index (χ3n) is 5.68. The second-order valence-corrected chi connectivity index (χ2v) is 11.1. The van der Waals surface area contributed by atoms with Gasteiger partial charge in [0, 0.05) is 29.3 Å². The van der Waals surface area contributed by atoms with Gasteiger partial charge in [-0.1, -0.05) is 32.0 Å². The molecule has 1 heterocycles. The molecule has 0 fully saturated rings. The van der Waals surface area contributed by atoms with Gasteiger partial charge in [-0.05, 0) is 19.9 Å². The van der Waals surface area contributed by atoms with E-state index in [1.54, 1.807) is 26.0 Å². The van der Waals surface area contributed by atoms with Crippen molar-refractivity contribution in [2.75, 3.05) is 24.8 Å². The van der Waals surface area contributed by atoms with Crippen molar-refractivity contribution < 1.29 is 22.5 Å². The summed E-state index contributed by atoms with van der Waals surface area (Å²) >= 11 is 0. The fourth-order valence-corrected chi connectivity index (χ4v) is 5.82. The number of aromatic nitrogens is 2. The maximum absolute atomic E-state index is 14.7. The minimum absolute atomic E-state index is 0.105. The normalized spacial score (nSPS) is 12.9. The molecule has 0 aliphatic carbocycles. The zero-order valence-corrected chi connectivity index (χ0v) is 19.6. The Kier molecular flexibility index (Phi) is 7.13. The Morgan fingerprint density at radius 1 is 1.12 bits per heavy atom. The SMILES string of the molecule is CCP(=O)(CC)c1cc2c(N[C@H](C)c3cccc(C(F)F)c3F)nc(C)nc2cc1OC. The lowest BCUT2D eigenvalue weighted by Crippen LogP contribution is -2.15. The molecule has 5 nitrogen and oxygen atoms in total. The number of halogens is 3. The number of methoxy groups -OCH3 is 1. The zero-order valence-electron chi connectivity index (χ0n) is 18.7. The number of nitrogens with zero attached hydrogens (tertiary/aromatic N) is 2. The molecule has 2 aromatic carbocycles. The number of hydrogen-bond acceptors (Lipinski definition) is 5. The standard InChI is InChI=1S/C23H27F3N3O2P/c1-6-32(30,7-2)20-11-17-18(12-19(20)31-5)28-14(4)29-23(17)27-13(3)15-9-8-10-16(21(15)24)22(25)26/h8-13,22H,6-7H2,1-5H3,(H,27,28,29)/t13-/m1/s1. The van der Waals surface area contributed by atoms with Crippen LogP contribution in [-0.2, 0) is 4.57 Å². The summed E-state index contributed by atoms with van der Waals surface area (Å²) in [6, 6.07) is 6.79. The summed E-state index contributed by atoms with van der Waals surface area (Å²) in [6.45, 7) is 7.14. The first-order valence-corrected chi connectivity index (χ1v) is 12.5. The highest BCUT2D eigenvalue weighted by Gasteiger charge is 2.26. The number of hydrogen-bond donors (Lipinski definition) is 1. The minimum atomic E-state index is -2.91. The highest BCUT2D eigenvalue weighted by atomic mass is 31.2. The van der Waals surface area contributed by atoms with E-state index in [-0.39, 0.29) is 5.56 Å². The van der Waals surface area contributed by atoms with Crippen molar-refractivity contribution >= 4 is 29.2 Å². The Hall–Kier alpha value is -2.60. The van der Waals surface area contributed by atoms with Crippen molar-refractivity contribution in [1.29, 1.82) is 0 Å². The molecule has 1 N–H and O–H groups in total. The quantitative estimate of drug-likeness (QED) is 0.400. The summed E-state index contributed by atoms with van der Waals surface area (Å²) in [6.07, 6.45) is -1.96. The van der Waals surface area contributed by atoms with Gasteiger partial charge in [-0.15, -0.1) is 0 Å². The Labute approximate surface area is 185 Å². The van der Waals surface area contributed by atoms with E-state index in [0.717, 1.165) is 6.07 Å². The van der Waals surface area contributed by atoms with Crippen LogP contribution in [0.3, 0.4) is 0 Å². The number of aryl methyl sites for hydroxylation is 1. The van der Waals surface area contributed by atoms with E-state index in [1.165, 1.54) is 19.2 Å². The van der Waals surface area contributed by atoms with Gasteiger partial charge in [-0.3, -0.25) is 0 Å². The van der Waals surface area contributed by atoms with Gasteiger partial charge in [-0.25, -0.2) is 23.1 Å². The Morgan fingerprint density at radius 3 is 2.38 bits per heavy atom. The third-order valence-corrected chi connectivity index (χ3v) is 8.95. The number of alkyl halides is 2. The minimum Gasteiger partial charge on any atom is -0.496 e. The molecule has 0 bridgehead atoms. The molecule has 1 atom stereocenters. The molecule has 0 unspecified atom stereocenters. The average Bonchev–Trinajstić information content (AvgIpc) is 2.77. The molecule has 0 amide bonds. The summed E-state index contributed by atoms with van der Waals surface area (Å²) in [5.41, 5.74) is 0.0424. The molecule has 3 rings (SSSR count).